The first-order valence-corrected chi connectivity index (χ1v) is 13.1. The molecular formula is C23H34N4O4S. The van der Waals surface area contributed by atoms with Crippen molar-refractivity contribution in [2.45, 2.75) is 77.2 Å². The lowest BCUT2D eigenvalue weighted by Gasteiger charge is -2.27. The number of sulfonamides is 1. The number of rotatable bonds is 4. The molecule has 4 rings (SSSR count). The van der Waals surface area contributed by atoms with Crippen LogP contribution in [0, 0.1) is 27.7 Å². The van der Waals surface area contributed by atoms with Crippen LogP contribution >= 0.6 is 0 Å². The van der Waals surface area contributed by atoms with Crippen molar-refractivity contribution in [3.63, 3.8) is 0 Å². The van der Waals surface area contributed by atoms with Gasteiger partial charge in [-0.1, -0.05) is 24.4 Å². The fraction of sp³-hybridized carbons (Fsp3) is 0.652. The molecule has 1 amide bonds. The van der Waals surface area contributed by atoms with Gasteiger partial charge < -0.3 is 14.0 Å². The summed E-state index contributed by atoms with van der Waals surface area (Å²) in [5, 5.41) is 3.79. The van der Waals surface area contributed by atoms with Crippen molar-refractivity contribution in [3.8, 4) is 0 Å². The molecule has 0 radical (unpaired) electrons. The van der Waals surface area contributed by atoms with E-state index in [0.717, 1.165) is 17.0 Å². The Morgan fingerprint density at radius 2 is 1.72 bits per heavy atom. The molecule has 2 aromatic heterocycles. The molecule has 9 heteroatoms. The number of nitrogens with zero attached hydrogens (tertiary/aromatic N) is 4. The molecule has 0 atom stereocenters. The Kier molecular flexibility index (Phi) is 6.49. The molecule has 2 aliphatic rings. The Morgan fingerprint density at radius 1 is 1.00 bits per heavy atom. The molecule has 2 fully saturated rings. The molecule has 0 aromatic carbocycles. The van der Waals surface area contributed by atoms with Gasteiger partial charge in [0.25, 0.3) is 5.91 Å². The average Bonchev–Trinajstić information content (AvgIpc) is 3.13. The predicted molar refractivity (Wildman–Crippen MR) is 121 cm³/mol. The molecule has 32 heavy (non-hydrogen) atoms. The first kappa shape index (κ1) is 23.0. The quantitative estimate of drug-likeness (QED) is 0.690. The molecule has 2 aromatic rings. The van der Waals surface area contributed by atoms with Gasteiger partial charge in [0.1, 0.15) is 10.6 Å². The third kappa shape index (κ3) is 4.12. The summed E-state index contributed by atoms with van der Waals surface area (Å²) in [6.45, 7) is 8.92. The van der Waals surface area contributed by atoms with Gasteiger partial charge in [0.05, 0.1) is 5.56 Å². The van der Waals surface area contributed by atoms with Crippen molar-refractivity contribution in [2.75, 3.05) is 26.2 Å². The van der Waals surface area contributed by atoms with Crippen LogP contribution in [-0.4, -0.2) is 59.4 Å². The summed E-state index contributed by atoms with van der Waals surface area (Å²) in [6, 6.07) is 2.49. The van der Waals surface area contributed by atoms with Crippen LogP contribution in [0.2, 0.25) is 0 Å². The van der Waals surface area contributed by atoms with E-state index in [1.807, 2.05) is 13.0 Å². The number of amides is 1. The summed E-state index contributed by atoms with van der Waals surface area (Å²) in [7, 11) is -3.71. The predicted octanol–water partition coefficient (Wildman–Crippen LogP) is 3.75. The van der Waals surface area contributed by atoms with Crippen LogP contribution in [0.15, 0.2) is 15.5 Å². The van der Waals surface area contributed by atoms with Crippen LogP contribution in [0.1, 0.15) is 77.8 Å². The van der Waals surface area contributed by atoms with Gasteiger partial charge in [-0.3, -0.25) is 4.79 Å². The third-order valence-electron chi connectivity index (χ3n) is 6.96. The standard InChI is InChI=1S/C23H34N4O4S/c1-16-15-21(18(3)27(16)20-9-6-5-7-10-20)23(28)25-11-8-12-26(14-13-25)32(29,30)22-17(2)24-31-19(22)4/h15,20H,5-14H2,1-4H3. The summed E-state index contributed by atoms with van der Waals surface area (Å²) in [5.74, 6) is 0.298. The van der Waals surface area contributed by atoms with E-state index in [2.05, 4.69) is 16.6 Å². The van der Waals surface area contributed by atoms with E-state index in [0.29, 0.717) is 43.6 Å². The molecule has 8 nitrogen and oxygen atoms in total. The monoisotopic (exact) mass is 462 g/mol. The lowest BCUT2D eigenvalue weighted by atomic mass is 9.95. The number of carbonyl (C=O) groups excluding carboxylic acids is 1. The highest BCUT2D eigenvalue weighted by molar-refractivity contribution is 7.89. The molecule has 0 unspecified atom stereocenters. The van der Waals surface area contributed by atoms with Gasteiger partial charge in [-0.15, -0.1) is 0 Å². The first-order valence-electron chi connectivity index (χ1n) is 11.6. The Morgan fingerprint density at radius 3 is 2.38 bits per heavy atom. The maximum atomic E-state index is 13.4. The van der Waals surface area contributed by atoms with Crippen LogP contribution in [-0.2, 0) is 10.0 Å². The topological polar surface area (TPSA) is 88.7 Å². The van der Waals surface area contributed by atoms with Crippen molar-refractivity contribution in [3.05, 3.63) is 34.5 Å². The van der Waals surface area contributed by atoms with E-state index < -0.39 is 10.0 Å². The van der Waals surface area contributed by atoms with Crippen molar-refractivity contribution >= 4 is 15.9 Å². The number of hydrogen-bond donors (Lipinski definition) is 0. The molecule has 0 N–H and O–H groups in total. The Hall–Kier alpha value is -2.13. The van der Waals surface area contributed by atoms with Gasteiger partial charge >= 0.3 is 0 Å². The van der Waals surface area contributed by atoms with Gasteiger partial charge in [-0.05, 0) is 53.0 Å². The minimum Gasteiger partial charge on any atom is -0.360 e. The fourth-order valence-electron chi connectivity index (χ4n) is 5.37. The van der Waals surface area contributed by atoms with Crippen LogP contribution in [0.4, 0.5) is 0 Å². The zero-order valence-electron chi connectivity index (χ0n) is 19.6. The minimum atomic E-state index is -3.71. The SMILES string of the molecule is Cc1noc(C)c1S(=O)(=O)N1CCCN(C(=O)c2cc(C)n(C3CCCCC3)c2C)CC1. The maximum Gasteiger partial charge on any atom is 0.255 e. The van der Waals surface area contributed by atoms with E-state index in [1.165, 1.54) is 36.4 Å². The van der Waals surface area contributed by atoms with Crippen molar-refractivity contribution in [2.24, 2.45) is 0 Å². The van der Waals surface area contributed by atoms with E-state index >= 15 is 0 Å². The summed E-state index contributed by atoms with van der Waals surface area (Å²) in [5.41, 5.74) is 3.28. The van der Waals surface area contributed by atoms with Crippen molar-refractivity contribution < 1.29 is 17.7 Å². The number of carbonyl (C=O) groups is 1. The Bertz CT molecular complexity index is 1080. The van der Waals surface area contributed by atoms with E-state index in [-0.39, 0.29) is 17.3 Å². The Labute approximate surface area is 190 Å². The average molecular weight is 463 g/mol. The summed E-state index contributed by atoms with van der Waals surface area (Å²) < 4.78 is 35.2. The Balaban J connectivity index is 1.51. The van der Waals surface area contributed by atoms with Gasteiger partial charge in [-0.25, -0.2) is 8.42 Å². The number of hydrogen-bond acceptors (Lipinski definition) is 5. The fourth-order valence-corrected chi connectivity index (χ4v) is 7.14. The van der Waals surface area contributed by atoms with Gasteiger partial charge in [-0.2, -0.15) is 4.31 Å². The lowest BCUT2D eigenvalue weighted by Crippen LogP contribution is -2.37. The smallest absolute Gasteiger partial charge is 0.255 e. The molecule has 3 heterocycles. The van der Waals surface area contributed by atoms with E-state index in [9.17, 15) is 13.2 Å². The highest BCUT2D eigenvalue weighted by Gasteiger charge is 2.33. The van der Waals surface area contributed by atoms with Crippen molar-refractivity contribution in [1.29, 1.82) is 0 Å². The molecular weight excluding hydrogens is 428 g/mol. The van der Waals surface area contributed by atoms with Crippen LogP contribution in [0.25, 0.3) is 0 Å². The molecule has 176 valence electrons. The van der Waals surface area contributed by atoms with E-state index in [4.69, 9.17) is 4.52 Å². The first-order chi connectivity index (χ1) is 15.2. The second kappa shape index (κ2) is 9.02. The normalized spacial score (nSPS) is 19.3. The van der Waals surface area contributed by atoms with Crippen LogP contribution in [0.3, 0.4) is 0 Å². The van der Waals surface area contributed by atoms with Crippen molar-refractivity contribution in [1.82, 2.24) is 18.9 Å². The van der Waals surface area contributed by atoms with Gasteiger partial charge in [0.15, 0.2) is 5.76 Å². The zero-order valence-corrected chi connectivity index (χ0v) is 20.4. The largest absolute Gasteiger partial charge is 0.360 e. The highest BCUT2D eigenvalue weighted by atomic mass is 32.2. The zero-order chi connectivity index (χ0) is 23.0. The van der Waals surface area contributed by atoms with Gasteiger partial charge in [0, 0.05) is 43.6 Å². The van der Waals surface area contributed by atoms with Crippen LogP contribution in [0.5, 0.6) is 0 Å². The maximum absolute atomic E-state index is 13.4. The summed E-state index contributed by atoms with van der Waals surface area (Å²) >= 11 is 0. The molecule has 1 aliphatic carbocycles. The second-order valence-electron chi connectivity index (χ2n) is 9.15. The summed E-state index contributed by atoms with van der Waals surface area (Å²) in [6.07, 6.45) is 6.71. The third-order valence-corrected chi connectivity index (χ3v) is 9.11. The molecule has 1 saturated carbocycles. The highest BCUT2D eigenvalue weighted by Crippen LogP contribution is 2.32. The second-order valence-corrected chi connectivity index (χ2v) is 11.0. The lowest BCUT2D eigenvalue weighted by molar-refractivity contribution is 0.0763. The summed E-state index contributed by atoms with van der Waals surface area (Å²) in [4.78, 5) is 15.4. The van der Waals surface area contributed by atoms with E-state index in [1.54, 1.807) is 18.7 Å². The minimum absolute atomic E-state index is 0.00301. The molecule has 0 bridgehead atoms. The van der Waals surface area contributed by atoms with Crippen LogP contribution < -0.4 is 0 Å². The number of aromatic nitrogens is 2. The van der Waals surface area contributed by atoms with Gasteiger partial charge in [0.2, 0.25) is 10.0 Å². The molecule has 0 spiro atoms. The molecule has 1 aliphatic heterocycles. The number of aryl methyl sites for hydroxylation is 3. The molecule has 1 saturated heterocycles.